The highest BCUT2D eigenvalue weighted by Gasteiger charge is 2.26. The number of carbonyl (C=O) groups is 1. The summed E-state index contributed by atoms with van der Waals surface area (Å²) in [6.07, 6.45) is 0.349. The Labute approximate surface area is 117 Å². The van der Waals surface area contributed by atoms with Crippen molar-refractivity contribution in [3.05, 3.63) is 32.5 Å². The van der Waals surface area contributed by atoms with Crippen molar-refractivity contribution in [3.8, 4) is 0 Å². The van der Waals surface area contributed by atoms with Crippen LogP contribution in [-0.2, 0) is 9.53 Å². The van der Waals surface area contributed by atoms with Crippen molar-refractivity contribution in [1.29, 1.82) is 0 Å². The van der Waals surface area contributed by atoms with Gasteiger partial charge in [-0.05, 0) is 34.5 Å². The summed E-state index contributed by atoms with van der Waals surface area (Å²) < 4.78 is 18.2. The van der Waals surface area contributed by atoms with Gasteiger partial charge in [0.2, 0.25) is 5.82 Å². The molecule has 0 spiro atoms. The van der Waals surface area contributed by atoms with Crippen molar-refractivity contribution >= 4 is 33.3 Å². The summed E-state index contributed by atoms with van der Waals surface area (Å²) in [5.41, 5.74) is -0.778. The Balaban J connectivity index is 3.17. The maximum atomic E-state index is 13.7. The highest BCUT2D eigenvalue weighted by molar-refractivity contribution is 9.10. The lowest BCUT2D eigenvalue weighted by Crippen LogP contribution is -2.30. The van der Waals surface area contributed by atoms with Crippen molar-refractivity contribution in [2.24, 2.45) is 0 Å². The summed E-state index contributed by atoms with van der Waals surface area (Å²) in [6.45, 7) is 1.70. The third-order valence-electron chi connectivity index (χ3n) is 2.48. The quantitative estimate of drug-likeness (QED) is 0.508. The predicted molar refractivity (Wildman–Crippen MR) is 70.5 cm³/mol. The average Bonchev–Trinajstić information content (AvgIpc) is 2.38. The highest BCUT2D eigenvalue weighted by atomic mass is 79.9. The van der Waals surface area contributed by atoms with Crippen molar-refractivity contribution in [2.45, 2.75) is 19.4 Å². The standard InChI is InChI=1S/C11H12BrFN2O4/c1-3-7(11(16)19-2)14-8-5-4-6(12)9(13)10(8)15(17)18/h4-5,7,14H,3H2,1-2H3. The molecule has 19 heavy (non-hydrogen) atoms. The molecule has 0 saturated carbocycles. The molecular weight excluding hydrogens is 323 g/mol. The Hall–Kier alpha value is -1.70. The van der Waals surface area contributed by atoms with E-state index in [0.29, 0.717) is 6.42 Å². The fourth-order valence-electron chi connectivity index (χ4n) is 1.49. The summed E-state index contributed by atoms with van der Waals surface area (Å²) in [4.78, 5) is 21.5. The van der Waals surface area contributed by atoms with E-state index in [0.717, 1.165) is 0 Å². The monoisotopic (exact) mass is 334 g/mol. The van der Waals surface area contributed by atoms with Crippen molar-refractivity contribution in [2.75, 3.05) is 12.4 Å². The maximum absolute atomic E-state index is 13.7. The van der Waals surface area contributed by atoms with Gasteiger partial charge in [0, 0.05) is 0 Å². The van der Waals surface area contributed by atoms with E-state index in [9.17, 15) is 19.3 Å². The van der Waals surface area contributed by atoms with Gasteiger partial charge in [-0.3, -0.25) is 10.1 Å². The van der Waals surface area contributed by atoms with Crippen LogP contribution in [0.1, 0.15) is 13.3 Å². The van der Waals surface area contributed by atoms with E-state index < -0.39 is 28.4 Å². The van der Waals surface area contributed by atoms with Crippen LogP contribution in [0, 0.1) is 15.9 Å². The number of nitro groups is 1. The maximum Gasteiger partial charge on any atom is 0.328 e. The van der Waals surface area contributed by atoms with Gasteiger partial charge < -0.3 is 10.1 Å². The Morgan fingerprint density at radius 2 is 2.26 bits per heavy atom. The molecule has 0 aliphatic rings. The first kappa shape index (κ1) is 15.4. The van der Waals surface area contributed by atoms with Crippen molar-refractivity contribution in [3.63, 3.8) is 0 Å². The van der Waals surface area contributed by atoms with E-state index in [1.807, 2.05) is 0 Å². The smallest absolute Gasteiger partial charge is 0.328 e. The number of rotatable bonds is 5. The molecule has 0 bridgehead atoms. The van der Waals surface area contributed by atoms with Crippen LogP contribution >= 0.6 is 15.9 Å². The molecule has 0 aromatic heterocycles. The molecule has 6 nitrogen and oxygen atoms in total. The fraction of sp³-hybridized carbons (Fsp3) is 0.364. The highest BCUT2D eigenvalue weighted by Crippen LogP contribution is 2.33. The lowest BCUT2D eigenvalue weighted by atomic mass is 10.2. The lowest BCUT2D eigenvalue weighted by Gasteiger charge is -2.16. The summed E-state index contributed by atoms with van der Waals surface area (Å²) in [5.74, 6) is -1.56. The van der Waals surface area contributed by atoms with Crippen LogP contribution in [0.15, 0.2) is 16.6 Å². The number of methoxy groups -OCH3 is 1. The van der Waals surface area contributed by atoms with Gasteiger partial charge in [0.25, 0.3) is 0 Å². The second-order valence-electron chi connectivity index (χ2n) is 3.64. The largest absolute Gasteiger partial charge is 0.467 e. The third-order valence-corrected chi connectivity index (χ3v) is 3.09. The first-order valence-electron chi connectivity index (χ1n) is 5.39. The number of hydrogen-bond donors (Lipinski definition) is 1. The molecule has 0 saturated heterocycles. The molecule has 0 radical (unpaired) electrons. The van der Waals surface area contributed by atoms with E-state index in [2.05, 4.69) is 26.0 Å². The van der Waals surface area contributed by atoms with Gasteiger partial charge in [0.1, 0.15) is 11.7 Å². The molecule has 0 heterocycles. The molecule has 104 valence electrons. The van der Waals surface area contributed by atoms with E-state index in [1.165, 1.54) is 19.2 Å². The van der Waals surface area contributed by atoms with Gasteiger partial charge in [0.15, 0.2) is 0 Å². The number of nitro benzene ring substituents is 1. The molecule has 0 aliphatic carbocycles. The van der Waals surface area contributed by atoms with E-state index in [-0.39, 0.29) is 10.2 Å². The van der Waals surface area contributed by atoms with Gasteiger partial charge in [-0.1, -0.05) is 6.92 Å². The first-order chi connectivity index (χ1) is 8.92. The van der Waals surface area contributed by atoms with Crippen molar-refractivity contribution < 1.29 is 18.8 Å². The molecule has 1 N–H and O–H groups in total. The minimum atomic E-state index is -0.991. The Bertz CT molecular complexity index is 510. The molecular formula is C11H12BrFN2O4. The molecule has 1 aromatic rings. The van der Waals surface area contributed by atoms with Gasteiger partial charge in [-0.15, -0.1) is 0 Å². The molecule has 0 fully saturated rings. The van der Waals surface area contributed by atoms with Crippen LogP contribution in [0.2, 0.25) is 0 Å². The minimum absolute atomic E-state index is 0.0177. The Morgan fingerprint density at radius 3 is 2.74 bits per heavy atom. The minimum Gasteiger partial charge on any atom is -0.467 e. The number of nitrogens with zero attached hydrogens (tertiary/aromatic N) is 1. The zero-order valence-corrected chi connectivity index (χ0v) is 11.9. The summed E-state index contributed by atoms with van der Waals surface area (Å²) in [5, 5.41) is 13.5. The molecule has 8 heteroatoms. The zero-order valence-electron chi connectivity index (χ0n) is 10.3. The molecule has 1 rings (SSSR count). The summed E-state index contributed by atoms with van der Waals surface area (Å²) >= 11 is 2.88. The van der Waals surface area contributed by atoms with E-state index in [1.54, 1.807) is 6.92 Å². The molecule has 1 aromatic carbocycles. The second-order valence-corrected chi connectivity index (χ2v) is 4.50. The van der Waals surface area contributed by atoms with E-state index in [4.69, 9.17) is 0 Å². The molecule has 0 aliphatic heterocycles. The van der Waals surface area contributed by atoms with Crippen molar-refractivity contribution in [1.82, 2.24) is 0 Å². The van der Waals surface area contributed by atoms with Crippen LogP contribution in [-0.4, -0.2) is 24.0 Å². The number of esters is 1. The lowest BCUT2D eigenvalue weighted by molar-refractivity contribution is -0.386. The topological polar surface area (TPSA) is 81.5 Å². The molecule has 1 unspecified atom stereocenters. The van der Waals surface area contributed by atoms with Gasteiger partial charge in [0.05, 0.1) is 16.5 Å². The number of halogens is 2. The predicted octanol–water partition coefficient (Wildman–Crippen LogP) is 2.86. The van der Waals surface area contributed by atoms with E-state index >= 15 is 0 Å². The van der Waals surface area contributed by atoms with Crippen LogP contribution < -0.4 is 5.32 Å². The number of nitrogens with one attached hydrogen (secondary N) is 1. The third kappa shape index (κ3) is 3.40. The van der Waals surface area contributed by atoms with Gasteiger partial charge in [-0.2, -0.15) is 4.39 Å². The number of hydrogen-bond acceptors (Lipinski definition) is 5. The van der Waals surface area contributed by atoms with Gasteiger partial charge in [-0.25, -0.2) is 4.79 Å². The average molecular weight is 335 g/mol. The van der Waals surface area contributed by atoms with Crippen LogP contribution in [0.25, 0.3) is 0 Å². The van der Waals surface area contributed by atoms with Crippen LogP contribution in [0.4, 0.5) is 15.8 Å². The van der Waals surface area contributed by atoms with Crippen LogP contribution in [0.3, 0.4) is 0 Å². The number of anilines is 1. The van der Waals surface area contributed by atoms with Crippen LogP contribution in [0.5, 0.6) is 0 Å². The number of benzene rings is 1. The number of carbonyl (C=O) groups excluding carboxylic acids is 1. The van der Waals surface area contributed by atoms with Gasteiger partial charge >= 0.3 is 11.7 Å². The SMILES string of the molecule is CCC(Nc1ccc(Br)c(F)c1[N+](=O)[O-])C(=O)OC. The molecule has 0 amide bonds. The molecule has 1 atom stereocenters. The number of ether oxygens (including phenoxy) is 1. The normalized spacial score (nSPS) is 11.8. The second kappa shape index (κ2) is 6.46. The first-order valence-corrected chi connectivity index (χ1v) is 6.18. The Kier molecular flexibility index (Phi) is 5.22. The summed E-state index contributed by atoms with van der Waals surface area (Å²) in [6, 6.07) is 1.88. The Morgan fingerprint density at radius 1 is 1.63 bits per heavy atom. The fourth-order valence-corrected chi connectivity index (χ4v) is 1.81. The summed E-state index contributed by atoms with van der Waals surface area (Å²) in [7, 11) is 1.21. The zero-order chi connectivity index (χ0) is 14.6.